The molecular weight excluding hydrogens is 286 g/mol. The zero-order chi connectivity index (χ0) is 16.1. The Morgan fingerprint density at radius 3 is 2.57 bits per heavy atom. The van der Waals surface area contributed by atoms with E-state index in [-0.39, 0.29) is 11.8 Å². The first-order valence-corrected chi connectivity index (χ1v) is 8.32. The van der Waals surface area contributed by atoms with Gasteiger partial charge in [0.25, 0.3) is 0 Å². The number of carbonyl (C=O) groups is 1. The average Bonchev–Trinajstić information content (AvgIpc) is 2.59. The number of hydrogen-bond donors (Lipinski definition) is 2. The van der Waals surface area contributed by atoms with E-state index >= 15 is 0 Å². The quantitative estimate of drug-likeness (QED) is 0.864. The second kappa shape index (κ2) is 7.27. The Bertz CT molecular complexity index is 661. The van der Waals surface area contributed by atoms with Crippen molar-refractivity contribution >= 4 is 23.1 Å². The summed E-state index contributed by atoms with van der Waals surface area (Å²) < 4.78 is 0. The Morgan fingerprint density at radius 1 is 1.09 bits per heavy atom. The largest absolute Gasteiger partial charge is 0.340 e. The fourth-order valence-corrected chi connectivity index (χ4v) is 3.00. The normalized spacial score (nSPS) is 15.2. The molecule has 0 radical (unpaired) electrons. The third kappa shape index (κ3) is 4.09. The van der Waals surface area contributed by atoms with Crippen molar-refractivity contribution in [2.45, 2.75) is 39.0 Å². The third-order valence-corrected chi connectivity index (χ3v) is 4.41. The predicted octanol–water partition coefficient (Wildman–Crippen LogP) is 4.65. The lowest BCUT2D eigenvalue weighted by atomic mass is 9.88. The molecule has 4 nitrogen and oxygen atoms in total. The van der Waals surface area contributed by atoms with Crippen LogP contribution in [-0.4, -0.2) is 10.9 Å². The van der Waals surface area contributed by atoms with E-state index in [1.54, 1.807) is 6.20 Å². The SMILES string of the molecule is Cc1ccccc1Nc1ccc(NC(=O)C2CCCCC2)cn1. The number of para-hydroxylation sites is 1. The Balaban J connectivity index is 1.60. The lowest BCUT2D eigenvalue weighted by molar-refractivity contribution is -0.120. The first kappa shape index (κ1) is 15.5. The molecule has 2 N–H and O–H groups in total. The number of aryl methyl sites for hydroxylation is 1. The van der Waals surface area contributed by atoms with Crippen LogP contribution in [0.1, 0.15) is 37.7 Å². The van der Waals surface area contributed by atoms with E-state index in [9.17, 15) is 4.79 Å². The van der Waals surface area contributed by atoms with Crippen molar-refractivity contribution in [1.29, 1.82) is 0 Å². The van der Waals surface area contributed by atoms with Gasteiger partial charge in [-0.05, 0) is 43.5 Å². The minimum Gasteiger partial charge on any atom is -0.340 e. The van der Waals surface area contributed by atoms with Crippen molar-refractivity contribution in [2.24, 2.45) is 5.92 Å². The molecule has 0 spiro atoms. The number of aromatic nitrogens is 1. The summed E-state index contributed by atoms with van der Waals surface area (Å²) in [4.78, 5) is 16.6. The van der Waals surface area contributed by atoms with Gasteiger partial charge in [-0.2, -0.15) is 0 Å². The molecule has 1 amide bonds. The topological polar surface area (TPSA) is 54.0 Å². The number of pyridine rings is 1. The van der Waals surface area contributed by atoms with Gasteiger partial charge in [-0.25, -0.2) is 4.98 Å². The molecule has 120 valence electrons. The zero-order valence-electron chi connectivity index (χ0n) is 13.5. The van der Waals surface area contributed by atoms with Gasteiger partial charge in [0.05, 0.1) is 11.9 Å². The van der Waals surface area contributed by atoms with Crippen molar-refractivity contribution in [3.05, 3.63) is 48.2 Å². The van der Waals surface area contributed by atoms with Crippen LogP contribution in [0.15, 0.2) is 42.6 Å². The van der Waals surface area contributed by atoms with Gasteiger partial charge in [0.2, 0.25) is 5.91 Å². The summed E-state index contributed by atoms with van der Waals surface area (Å²) in [5.41, 5.74) is 2.97. The summed E-state index contributed by atoms with van der Waals surface area (Å²) in [6.45, 7) is 2.06. The summed E-state index contributed by atoms with van der Waals surface area (Å²) in [6, 6.07) is 11.9. The maximum Gasteiger partial charge on any atom is 0.227 e. The first-order chi connectivity index (χ1) is 11.2. The number of nitrogens with one attached hydrogen (secondary N) is 2. The van der Waals surface area contributed by atoms with Gasteiger partial charge in [0, 0.05) is 11.6 Å². The molecule has 1 aromatic carbocycles. The number of rotatable bonds is 4. The fraction of sp³-hybridized carbons (Fsp3) is 0.368. The molecule has 0 bridgehead atoms. The molecule has 0 unspecified atom stereocenters. The number of carbonyl (C=O) groups excluding carboxylic acids is 1. The van der Waals surface area contributed by atoms with Gasteiger partial charge in [-0.3, -0.25) is 4.79 Å². The minimum atomic E-state index is 0.131. The first-order valence-electron chi connectivity index (χ1n) is 8.32. The van der Waals surface area contributed by atoms with E-state index in [4.69, 9.17) is 0 Å². The Labute approximate surface area is 137 Å². The third-order valence-electron chi connectivity index (χ3n) is 4.41. The molecular formula is C19H23N3O. The van der Waals surface area contributed by atoms with Crippen LogP contribution in [0.3, 0.4) is 0 Å². The van der Waals surface area contributed by atoms with E-state index in [2.05, 4.69) is 28.6 Å². The fourth-order valence-electron chi connectivity index (χ4n) is 3.00. The van der Waals surface area contributed by atoms with Crippen molar-refractivity contribution in [3.8, 4) is 0 Å². The van der Waals surface area contributed by atoms with Crippen molar-refractivity contribution < 1.29 is 4.79 Å². The van der Waals surface area contributed by atoms with Crippen LogP contribution in [0.2, 0.25) is 0 Å². The molecule has 23 heavy (non-hydrogen) atoms. The minimum absolute atomic E-state index is 0.131. The highest BCUT2D eigenvalue weighted by molar-refractivity contribution is 5.92. The lowest BCUT2D eigenvalue weighted by Gasteiger charge is -2.20. The average molecular weight is 309 g/mol. The molecule has 0 atom stereocenters. The summed E-state index contributed by atoms with van der Waals surface area (Å²) >= 11 is 0. The molecule has 0 aliphatic heterocycles. The van der Waals surface area contributed by atoms with E-state index in [1.165, 1.54) is 12.0 Å². The molecule has 1 saturated carbocycles. The van der Waals surface area contributed by atoms with Gasteiger partial charge in [0.1, 0.15) is 5.82 Å². The molecule has 1 heterocycles. The number of anilines is 3. The number of amides is 1. The maximum absolute atomic E-state index is 12.2. The summed E-state index contributed by atoms with van der Waals surface area (Å²) in [6.07, 6.45) is 7.30. The zero-order valence-corrected chi connectivity index (χ0v) is 13.5. The molecule has 1 aliphatic carbocycles. The van der Waals surface area contributed by atoms with Crippen LogP contribution in [0.5, 0.6) is 0 Å². The van der Waals surface area contributed by atoms with E-state index in [0.717, 1.165) is 42.9 Å². The van der Waals surface area contributed by atoms with Crippen LogP contribution < -0.4 is 10.6 Å². The summed E-state index contributed by atoms with van der Waals surface area (Å²) in [7, 11) is 0. The highest BCUT2D eigenvalue weighted by Crippen LogP contribution is 2.25. The molecule has 1 aromatic heterocycles. The Hall–Kier alpha value is -2.36. The standard InChI is InChI=1S/C19H23N3O/c1-14-7-5-6-10-17(14)22-18-12-11-16(13-20-18)21-19(23)15-8-3-2-4-9-15/h5-7,10-13,15H,2-4,8-9H2,1H3,(H,20,22)(H,21,23). The Kier molecular flexibility index (Phi) is 4.91. The van der Waals surface area contributed by atoms with Gasteiger partial charge in [-0.15, -0.1) is 0 Å². The highest BCUT2D eigenvalue weighted by atomic mass is 16.1. The van der Waals surface area contributed by atoms with Crippen LogP contribution in [0.25, 0.3) is 0 Å². The van der Waals surface area contributed by atoms with Gasteiger partial charge in [-0.1, -0.05) is 37.5 Å². The number of hydrogen-bond acceptors (Lipinski definition) is 3. The van der Waals surface area contributed by atoms with Crippen molar-refractivity contribution in [3.63, 3.8) is 0 Å². The van der Waals surface area contributed by atoms with Gasteiger partial charge >= 0.3 is 0 Å². The predicted molar refractivity (Wildman–Crippen MR) is 93.9 cm³/mol. The number of benzene rings is 1. The van der Waals surface area contributed by atoms with Crippen molar-refractivity contribution in [1.82, 2.24) is 4.98 Å². The van der Waals surface area contributed by atoms with Crippen LogP contribution in [-0.2, 0) is 4.79 Å². The number of nitrogens with zero attached hydrogens (tertiary/aromatic N) is 1. The molecule has 4 heteroatoms. The highest BCUT2D eigenvalue weighted by Gasteiger charge is 2.20. The molecule has 3 rings (SSSR count). The maximum atomic E-state index is 12.2. The van der Waals surface area contributed by atoms with Crippen LogP contribution in [0, 0.1) is 12.8 Å². The molecule has 1 fully saturated rings. The summed E-state index contributed by atoms with van der Waals surface area (Å²) in [5.74, 6) is 1.06. The van der Waals surface area contributed by atoms with E-state index < -0.39 is 0 Å². The van der Waals surface area contributed by atoms with Crippen LogP contribution in [0.4, 0.5) is 17.2 Å². The smallest absolute Gasteiger partial charge is 0.227 e. The molecule has 2 aromatic rings. The van der Waals surface area contributed by atoms with Gasteiger partial charge < -0.3 is 10.6 Å². The molecule has 0 saturated heterocycles. The summed E-state index contributed by atoms with van der Waals surface area (Å²) in [5, 5.41) is 6.28. The molecule has 1 aliphatic rings. The van der Waals surface area contributed by atoms with Crippen molar-refractivity contribution in [2.75, 3.05) is 10.6 Å². The van der Waals surface area contributed by atoms with E-state index in [1.807, 2.05) is 30.3 Å². The van der Waals surface area contributed by atoms with Crippen LogP contribution >= 0.6 is 0 Å². The van der Waals surface area contributed by atoms with Gasteiger partial charge in [0.15, 0.2) is 0 Å². The monoisotopic (exact) mass is 309 g/mol. The van der Waals surface area contributed by atoms with E-state index in [0.29, 0.717) is 0 Å². The second-order valence-electron chi connectivity index (χ2n) is 6.20. The Morgan fingerprint density at radius 2 is 1.87 bits per heavy atom. The second-order valence-corrected chi connectivity index (χ2v) is 6.20. The lowest BCUT2D eigenvalue weighted by Crippen LogP contribution is -2.24.